The first kappa shape index (κ1) is 48.9. The van der Waals surface area contributed by atoms with Crippen LogP contribution in [0.15, 0.2) is 121 Å². The number of thioether (sulfide) groups is 3. The molecule has 0 unspecified atom stereocenters. The van der Waals surface area contributed by atoms with Gasteiger partial charge in [-0.1, -0.05) is 121 Å². The van der Waals surface area contributed by atoms with Gasteiger partial charge in [0.25, 0.3) is 0 Å². The lowest BCUT2D eigenvalue weighted by Gasteiger charge is -2.39. The number of likely N-dealkylation sites (N-methyl/N-ethyl adjacent to an activating group) is 1. The third-order valence-electron chi connectivity index (χ3n) is 9.99. The molecule has 0 saturated heterocycles. The number of carbonyl (C=O) groups excluding carboxylic acids is 5. The number of aliphatic hydroxyl groups is 1. The van der Waals surface area contributed by atoms with E-state index in [4.69, 9.17) is 0 Å². The summed E-state index contributed by atoms with van der Waals surface area (Å²) < 4.78 is 0. The molecule has 5 atom stereocenters. The number of aryl methyl sites for hydroxylation is 1. The summed E-state index contributed by atoms with van der Waals surface area (Å²) in [4.78, 5) is 70.2. The Bertz CT molecular complexity index is 2010. The predicted molar refractivity (Wildman–Crippen MR) is 250 cm³/mol. The van der Waals surface area contributed by atoms with Crippen LogP contribution in [0.3, 0.4) is 0 Å². The number of rotatable bonds is 24. The smallest absolute Gasteiger partial charge is 0.247 e. The van der Waals surface area contributed by atoms with Crippen molar-refractivity contribution in [3.63, 3.8) is 0 Å². The van der Waals surface area contributed by atoms with Crippen LogP contribution in [0.2, 0.25) is 0 Å². The Morgan fingerprint density at radius 2 is 0.885 bits per heavy atom. The maximum Gasteiger partial charge on any atom is 0.247 e. The molecule has 0 fully saturated rings. The van der Waals surface area contributed by atoms with Gasteiger partial charge in [-0.05, 0) is 56.4 Å². The maximum atomic E-state index is 14.9. The van der Waals surface area contributed by atoms with Crippen LogP contribution in [-0.2, 0) is 47.7 Å². The molecule has 61 heavy (non-hydrogen) atoms. The zero-order valence-corrected chi connectivity index (χ0v) is 38.0. The molecule has 0 heterocycles. The molecular formula is C47H59N5O6S3. The Kier molecular flexibility index (Phi) is 19.3. The zero-order valence-electron chi connectivity index (χ0n) is 35.6. The number of aliphatic hydroxyl groups excluding tert-OH is 1. The van der Waals surface area contributed by atoms with Gasteiger partial charge in [0.05, 0.1) is 6.10 Å². The second-order valence-electron chi connectivity index (χ2n) is 15.7. The average molecular weight is 886 g/mol. The summed E-state index contributed by atoms with van der Waals surface area (Å²) in [6.45, 7) is 6.25. The van der Waals surface area contributed by atoms with E-state index in [1.54, 1.807) is 20.8 Å². The summed E-state index contributed by atoms with van der Waals surface area (Å²) in [6.07, 6.45) is -0.602. The number of hydrogen-bond acceptors (Lipinski definition) is 9. The molecule has 6 N–H and O–H groups in total. The molecule has 0 spiro atoms. The molecule has 4 aromatic rings. The molecule has 5 amide bonds. The third kappa shape index (κ3) is 15.6. The summed E-state index contributed by atoms with van der Waals surface area (Å²) in [5, 5.41) is 24.6. The molecule has 4 rings (SSSR count). The molecule has 0 aliphatic carbocycles. The number of benzene rings is 4. The molecule has 0 saturated carbocycles. The van der Waals surface area contributed by atoms with Crippen molar-refractivity contribution in [1.82, 2.24) is 26.6 Å². The first-order chi connectivity index (χ1) is 29.2. The Morgan fingerprint density at radius 1 is 0.541 bits per heavy atom. The second kappa shape index (κ2) is 24.0. The summed E-state index contributed by atoms with van der Waals surface area (Å²) in [5.41, 5.74) is -0.577. The van der Waals surface area contributed by atoms with Gasteiger partial charge in [0.15, 0.2) is 0 Å². The van der Waals surface area contributed by atoms with Gasteiger partial charge < -0.3 is 31.7 Å². The van der Waals surface area contributed by atoms with E-state index in [1.807, 2.05) is 121 Å². The van der Waals surface area contributed by atoms with Gasteiger partial charge in [-0.3, -0.25) is 24.0 Å². The highest BCUT2D eigenvalue weighted by atomic mass is 32.2. The van der Waals surface area contributed by atoms with Crippen LogP contribution >= 0.6 is 35.3 Å². The summed E-state index contributed by atoms with van der Waals surface area (Å²) in [7, 11) is 1.40. The molecule has 326 valence electrons. The van der Waals surface area contributed by atoms with E-state index >= 15 is 0 Å². The lowest BCUT2D eigenvalue weighted by atomic mass is 9.95. The minimum Gasteiger partial charge on any atom is -0.391 e. The van der Waals surface area contributed by atoms with Crippen molar-refractivity contribution in [3.05, 3.63) is 144 Å². The third-order valence-corrected chi connectivity index (χ3v) is 13.9. The van der Waals surface area contributed by atoms with Crippen molar-refractivity contribution in [2.75, 3.05) is 24.3 Å². The van der Waals surface area contributed by atoms with Crippen LogP contribution < -0.4 is 26.6 Å². The lowest BCUT2D eigenvalue weighted by molar-refractivity contribution is -0.140. The van der Waals surface area contributed by atoms with Crippen LogP contribution in [-0.4, -0.2) is 87.7 Å². The Morgan fingerprint density at radius 3 is 1.25 bits per heavy atom. The van der Waals surface area contributed by atoms with Crippen molar-refractivity contribution < 1.29 is 29.1 Å². The number of nitrogens with one attached hydrogen (secondary N) is 5. The average Bonchev–Trinajstić information content (AvgIpc) is 3.25. The Balaban J connectivity index is 1.64. The quantitative estimate of drug-likeness (QED) is 0.0522. The van der Waals surface area contributed by atoms with Crippen LogP contribution in [0, 0.1) is 0 Å². The van der Waals surface area contributed by atoms with Crippen LogP contribution in [0.25, 0.3) is 0 Å². The molecule has 0 aliphatic rings. The standard InChI is InChI=1S/C47H59N5O6S3/c1-34(53)40(41(55)48-5)49-42(56)45(2,31-59-28-36-20-12-7-13-21-36)51-44(58)47(4,33-61-30-38-24-16-9-17-25-38)52-43(57)46(3,32-60-29-37-22-14-8-15-23-37)50-39(54)27-26-35-18-10-6-11-19-35/h6-25,34,40,53H,26-33H2,1-5H3,(H,48,55)(H,49,56)(H,50,54)(H,51,58)(H,52,57)/t34-,40-,45-,46-,47-/m0/s1. The molecule has 14 heteroatoms. The van der Waals surface area contributed by atoms with Gasteiger partial charge in [-0.15, -0.1) is 0 Å². The molecule has 0 bridgehead atoms. The van der Waals surface area contributed by atoms with Crippen molar-refractivity contribution in [2.45, 2.75) is 86.6 Å². The molecule has 11 nitrogen and oxygen atoms in total. The molecule has 0 radical (unpaired) electrons. The van der Waals surface area contributed by atoms with Crippen LogP contribution in [0.4, 0.5) is 0 Å². The van der Waals surface area contributed by atoms with Gasteiger partial charge in [-0.25, -0.2) is 0 Å². The fourth-order valence-electron chi connectivity index (χ4n) is 6.23. The van der Waals surface area contributed by atoms with E-state index in [0.717, 1.165) is 22.3 Å². The fourth-order valence-corrected chi connectivity index (χ4v) is 9.65. The maximum absolute atomic E-state index is 14.9. The first-order valence-electron chi connectivity index (χ1n) is 20.2. The molecule has 0 aromatic heterocycles. The van der Waals surface area contributed by atoms with Crippen molar-refractivity contribution >= 4 is 64.8 Å². The SMILES string of the molecule is CNC(=O)[C@@H](NC(=O)[C@](C)(CSCc1ccccc1)NC(=O)[C@](C)(CSCc1ccccc1)NC(=O)[C@](C)(CSCc1ccccc1)NC(=O)CCc1ccccc1)[C@H](C)O. The van der Waals surface area contributed by atoms with Crippen LogP contribution in [0.5, 0.6) is 0 Å². The van der Waals surface area contributed by atoms with Gasteiger partial charge in [0.1, 0.15) is 22.7 Å². The number of amides is 5. The minimum absolute atomic E-state index is 0.0895. The normalized spacial score (nSPS) is 15.0. The number of hydrogen-bond donors (Lipinski definition) is 6. The summed E-state index contributed by atoms with van der Waals surface area (Å²) >= 11 is 4.34. The van der Waals surface area contributed by atoms with Gasteiger partial charge in [0.2, 0.25) is 29.5 Å². The summed E-state index contributed by atoms with van der Waals surface area (Å²) in [5.74, 6) is -0.735. The highest BCUT2D eigenvalue weighted by Gasteiger charge is 2.46. The number of carbonyl (C=O) groups is 5. The predicted octanol–water partition coefficient (Wildman–Crippen LogP) is 5.66. The van der Waals surface area contributed by atoms with E-state index in [2.05, 4.69) is 26.6 Å². The zero-order chi connectivity index (χ0) is 44.3. The van der Waals surface area contributed by atoms with Gasteiger partial charge in [0, 0.05) is 48.0 Å². The van der Waals surface area contributed by atoms with E-state index in [1.165, 1.54) is 49.3 Å². The van der Waals surface area contributed by atoms with Crippen molar-refractivity contribution in [2.24, 2.45) is 0 Å². The highest BCUT2D eigenvalue weighted by molar-refractivity contribution is 7.99. The van der Waals surface area contributed by atoms with Crippen LogP contribution in [0.1, 0.15) is 56.4 Å². The Labute approximate surface area is 373 Å². The van der Waals surface area contributed by atoms with E-state index in [0.29, 0.717) is 23.7 Å². The van der Waals surface area contributed by atoms with E-state index < -0.39 is 52.4 Å². The fraction of sp³-hybridized carbons (Fsp3) is 0.383. The summed E-state index contributed by atoms with van der Waals surface area (Å²) in [6, 6.07) is 37.6. The monoisotopic (exact) mass is 885 g/mol. The molecule has 0 aliphatic heterocycles. The second-order valence-corrected chi connectivity index (χ2v) is 18.6. The molecular weight excluding hydrogens is 827 g/mol. The highest BCUT2D eigenvalue weighted by Crippen LogP contribution is 2.26. The Hall–Kier alpha value is -4.76. The van der Waals surface area contributed by atoms with Crippen molar-refractivity contribution in [3.8, 4) is 0 Å². The minimum atomic E-state index is -1.62. The lowest BCUT2D eigenvalue weighted by Crippen LogP contribution is -2.70. The van der Waals surface area contributed by atoms with E-state index in [9.17, 15) is 29.1 Å². The molecule has 4 aromatic carbocycles. The van der Waals surface area contributed by atoms with Gasteiger partial charge in [-0.2, -0.15) is 35.3 Å². The first-order valence-corrected chi connectivity index (χ1v) is 23.7. The van der Waals surface area contributed by atoms with Gasteiger partial charge >= 0.3 is 0 Å². The topological polar surface area (TPSA) is 166 Å². The van der Waals surface area contributed by atoms with Crippen molar-refractivity contribution in [1.29, 1.82) is 0 Å². The largest absolute Gasteiger partial charge is 0.391 e. The van der Waals surface area contributed by atoms with E-state index in [-0.39, 0.29) is 29.6 Å².